The summed E-state index contributed by atoms with van der Waals surface area (Å²) in [5.41, 5.74) is 0.862. The molecule has 1 unspecified atom stereocenters. The fourth-order valence-electron chi connectivity index (χ4n) is 4.88. The van der Waals surface area contributed by atoms with Crippen molar-refractivity contribution in [3.8, 4) is 0 Å². The summed E-state index contributed by atoms with van der Waals surface area (Å²) in [6.45, 7) is 1.17. The molecule has 6 rings (SSSR count). The molecule has 0 bridgehead atoms. The first-order chi connectivity index (χ1) is 16.1. The summed E-state index contributed by atoms with van der Waals surface area (Å²) < 4.78 is 7.62. The fraction of sp³-hybridized carbons (Fsp3) is 0.167. The molecule has 164 valence electrons. The lowest BCUT2D eigenvalue weighted by Gasteiger charge is -2.39. The SMILES string of the molecule is O=C(c1ccc(Cn2cccn2)o1)N1CCN2C(=O)c3ccncc3C12c1ccc(Cl)cc1. The maximum atomic E-state index is 13.8. The molecule has 2 amide bonds. The van der Waals surface area contributed by atoms with Crippen molar-refractivity contribution in [3.05, 3.63) is 107 Å². The predicted octanol–water partition coefficient (Wildman–Crippen LogP) is 3.39. The van der Waals surface area contributed by atoms with Gasteiger partial charge < -0.3 is 14.2 Å². The summed E-state index contributed by atoms with van der Waals surface area (Å²) in [7, 11) is 0. The van der Waals surface area contributed by atoms with Gasteiger partial charge in [0.1, 0.15) is 5.76 Å². The van der Waals surface area contributed by atoms with Crippen molar-refractivity contribution in [2.45, 2.75) is 12.2 Å². The van der Waals surface area contributed by atoms with E-state index in [1.807, 2.05) is 24.4 Å². The van der Waals surface area contributed by atoms with E-state index in [9.17, 15) is 9.59 Å². The van der Waals surface area contributed by atoms with Gasteiger partial charge in [-0.1, -0.05) is 23.7 Å². The van der Waals surface area contributed by atoms with Crippen LogP contribution < -0.4 is 0 Å². The Labute approximate surface area is 194 Å². The third-order valence-electron chi connectivity index (χ3n) is 6.24. The van der Waals surface area contributed by atoms with Gasteiger partial charge in [0.2, 0.25) is 0 Å². The molecule has 1 saturated heterocycles. The van der Waals surface area contributed by atoms with Crippen molar-refractivity contribution >= 4 is 23.4 Å². The third-order valence-corrected chi connectivity index (χ3v) is 6.49. The Balaban J connectivity index is 1.45. The highest BCUT2D eigenvalue weighted by Crippen LogP contribution is 2.50. The number of halogens is 1. The Morgan fingerprint density at radius 2 is 1.94 bits per heavy atom. The molecule has 0 spiro atoms. The number of benzene rings is 1. The molecule has 8 nitrogen and oxygen atoms in total. The minimum Gasteiger partial charge on any atom is -0.454 e. The molecule has 5 heterocycles. The van der Waals surface area contributed by atoms with E-state index in [2.05, 4.69) is 10.1 Å². The maximum Gasteiger partial charge on any atom is 0.292 e. The topological polar surface area (TPSA) is 84.5 Å². The number of fused-ring (bicyclic) bond motifs is 3. The standard InChI is InChI=1S/C24H18ClN5O3/c25-17-4-2-16(3-5-17)24-20-14-26-10-8-19(20)22(31)29(24)12-13-30(24)23(32)21-7-6-18(33-21)15-28-11-1-9-27-28/h1-11,14H,12-13,15H2. The van der Waals surface area contributed by atoms with E-state index in [4.69, 9.17) is 16.0 Å². The summed E-state index contributed by atoms with van der Waals surface area (Å²) in [4.78, 5) is 34.8. The van der Waals surface area contributed by atoms with Crippen LogP contribution in [0.4, 0.5) is 0 Å². The second-order valence-corrected chi connectivity index (χ2v) is 8.42. The van der Waals surface area contributed by atoms with Crippen molar-refractivity contribution in [2.24, 2.45) is 0 Å². The van der Waals surface area contributed by atoms with Crippen molar-refractivity contribution < 1.29 is 14.0 Å². The monoisotopic (exact) mass is 459 g/mol. The highest BCUT2D eigenvalue weighted by molar-refractivity contribution is 6.30. The Hall–Kier alpha value is -3.91. The molecule has 2 aliphatic heterocycles. The molecule has 3 aromatic heterocycles. The molecule has 9 heteroatoms. The summed E-state index contributed by atoms with van der Waals surface area (Å²) in [5, 5.41) is 4.75. The van der Waals surface area contributed by atoms with E-state index in [-0.39, 0.29) is 17.6 Å². The average Bonchev–Trinajstić information content (AvgIpc) is 3.61. The van der Waals surface area contributed by atoms with Crippen LogP contribution in [0.25, 0.3) is 0 Å². The zero-order chi connectivity index (χ0) is 22.6. The smallest absolute Gasteiger partial charge is 0.292 e. The van der Waals surface area contributed by atoms with Crippen LogP contribution >= 0.6 is 11.6 Å². The number of carbonyl (C=O) groups excluding carboxylic acids is 2. The van der Waals surface area contributed by atoms with E-state index in [0.717, 1.165) is 5.56 Å². The first-order valence-corrected chi connectivity index (χ1v) is 10.9. The van der Waals surface area contributed by atoms with Crippen molar-refractivity contribution in [2.75, 3.05) is 13.1 Å². The van der Waals surface area contributed by atoms with Crippen LogP contribution in [-0.2, 0) is 12.2 Å². The Morgan fingerprint density at radius 3 is 2.73 bits per heavy atom. The molecule has 0 radical (unpaired) electrons. The second-order valence-electron chi connectivity index (χ2n) is 7.98. The number of rotatable bonds is 4. The summed E-state index contributed by atoms with van der Waals surface area (Å²) in [6, 6.07) is 14.2. The van der Waals surface area contributed by atoms with Crippen LogP contribution in [0.1, 0.15) is 37.8 Å². The van der Waals surface area contributed by atoms with Crippen molar-refractivity contribution in [1.82, 2.24) is 24.6 Å². The zero-order valence-electron chi connectivity index (χ0n) is 17.4. The van der Waals surface area contributed by atoms with Crippen LogP contribution in [0.2, 0.25) is 5.02 Å². The van der Waals surface area contributed by atoms with Gasteiger partial charge in [0.05, 0.1) is 12.1 Å². The van der Waals surface area contributed by atoms with Crippen LogP contribution in [0, 0.1) is 0 Å². The molecular formula is C24H18ClN5O3. The lowest BCUT2D eigenvalue weighted by molar-refractivity contribution is 0.0353. The number of carbonyl (C=O) groups is 2. The summed E-state index contributed by atoms with van der Waals surface area (Å²) >= 11 is 6.15. The molecule has 0 aliphatic carbocycles. The van der Waals surface area contributed by atoms with Gasteiger partial charge in [-0.2, -0.15) is 5.10 Å². The zero-order valence-corrected chi connectivity index (χ0v) is 18.1. The highest BCUT2D eigenvalue weighted by Gasteiger charge is 2.60. The Kier molecular flexibility index (Phi) is 4.38. The van der Waals surface area contributed by atoms with Gasteiger partial charge in [-0.25, -0.2) is 0 Å². The maximum absolute atomic E-state index is 13.8. The molecule has 1 fully saturated rings. The largest absolute Gasteiger partial charge is 0.454 e. The van der Waals surface area contributed by atoms with Gasteiger partial charge in [0.25, 0.3) is 11.8 Å². The van der Waals surface area contributed by atoms with E-state index in [0.29, 0.717) is 41.5 Å². The van der Waals surface area contributed by atoms with Crippen LogP contribution in [0.5, 0.6) is 0 Å². The first-order valence-electron chi connectivity index (χ1n) is 10.5. The van der Waals surface area contributed by atoms with E-state index < -0.39 is 5.66 Å². The number of amides is 2. The molecule has 1 atom stereocenters. The lowest BCUT2D eigenvalue weighted by Crippen LogP contribution is -2.51. The Bertz CT molecular complexity index is 1370. The quantitative estimate of drug-likeness (QED) is 0.467. The number of hydrogen-bond acceptors (Lipinski definition) is 5. The molecule has 2 aliphatic rings. The minimum atomic E-state index is -1.11. The van der Waals surface area contributed by atoms with Gasteiger partial charge >= 0.3 is 0 Å². The number of nitrogens with zero attached hydrogens (tertiary/aromatic N) is 5. The molecular weight excluding hydrogens is 442 g/mol. The number of pyridine rings is 1. The predicted molar refractivity (Wildman–Crippen MR) is 119 cm³/mol. The van der Waals surface area contributed by atoms with Gasteiger partial charge in [-0.05, 0) is 36.4 Å². The third kappa shape index (κ3) is 2.84. The van der Waals surface area contributed by atoms with Crippen molar-refractivity contribution in [3.63, 3.8) is 0 Å². The number of furan rings is 1. The van der Waals surface area contributed by atoms with Gasteiger partial charge in [-0.3, -0.25) is 19.3 Å². The normalized spacial score (nSPS) is 19.1. The fourth-order valence-corrected chi connectivity index (χ4v) is 5.00. The average molecular weight is 460 g/mol. The van der Waals surface area contributed by atoms with E-state index in [1.165, 1.54) is 0 Å². The summed E-state index contributed by atoms with van der Waals surface area (Å²) in [6.07, 6.45) is 6.77. The Morgan fingerprint density at radius 1 is 1.09 bits per heavy atom. The lowest BCUT2D eigenvalue weighted by atomic mass is 9.91. The highest BCUT2D eigenvalue weighted by atomic mass is 35.5. The van der Waals surface area contributed by atoms with Gasteiger partial charge in [0, 0.05) is 54.0 Å². The molecule has 4 aromatic rings. The number of hydrogen-bond donors (Lipinski definition) is 0. The van der Waals surface area contributed by atoms with Crippen molar-refractivity contribution in [1.29, 1.82) is 0 Å². The summed E-state index contributed by atoms with van der Waals surface area (Å²) in [5.74, 6) is 0.389. The number of aromatic nitrogens is 3. The molecule has 33 heavy (non-hydrogen) atoms. The van der Waals surface area contributed by atoms with Gasteiger partial charge in [0.15, 0.2) is 11.4 Å². The van der Waals surface area contributed by atoms with Crippen LogP contribution in [0.3, 0.4) is 0 Å². The second kappa shape index (κ2) is 7.31. The molecule has 0 N–H and O–H groups in total. The molecule has 0 saturated carbocycles. The van der Waals surface area contributed by atoms with Crippen LogP contribution in [0.15, 0.2) is 77.7 Å². The van der Waals surface area contributed by atoms with Gasteiger partial charge in [-0.15, -0.1) is 0 Å². The minimum absolute atomic E-state index is 0.128. The van der Waals surface area contributed by atoms with Crippen LogP contribution in [-0.4, -0.2) is 49.5 Å². The van der Waals surface area contributed by atoms with E-state index >= 15 is 0 Å². The molecule has 1 aromatic carbocycles. The van der Waals surface area contributed by atoms with E-state index in [1.54, 1.807) is 63.4 Å². The first kappa shape index (κ1) is 19.8.